The Labute approximate surface area is 124 Å². The number of hydrogen-bond donors (Lipinski definition) is 2. The molecule has 2 atom stereocenters. The van der Waals surface area contributed by atoms with Gasteiger partial charge in [-0.3, -0.25) is 4.79 Å². The summed E-state index contributed by atoms with van der Waals surface area (Å²) in [6, 6.07) is 7.44. The molecule has 2 aliphatic carbocycles. The van der Waals surface area contributed by atoms with E-state index in [-0.39, 0.29) is 17.7 Å². The zero-order chi connectivity index (χ0) is 15.0. The summed E-state index contributed by atoms with van der Waals surface area (Å²) in [5, 5.41) is 11.7. The van der Waals surface area contributed by atoms with Crippen molar-refractivity contribution in [3.63, 3.8) is 0 Å². The van der Waals surface area contributed by atoms with Crippen LogP contribution in [0.4, 0.5) is 0 Å². The van der Waals surface area contributed by atoms with Crippen LogP contribution in [0.15, 0.2) is 29.4 Å². The van der Waals surface area contributed by atoms with Crippen molar-refractivity contribution in [3.05, 3.63) is 35.4 Å². The van der Waals surface area contributed by atoms with Gasteiger partial charge in [0.15, 0.2) is 5.84 Å². The van der Waals surface area contributed by atoms with Gasteiger partial charge in [-0.1, -0.05) is 23.4 Å². The molecule has 3 rings (SSSR count). The molecule has 21 heavy (non-hydrogen) atoms. The lowest BCUT2D eigenvalue weighted by Gasteiger charge is -2.22. The Kier molecular flexibility index (Phi) is 3.57. The maximum absolute atomic E-state index is 12.4. The van der Waals surface area contributed by atoms with Crippen LogP contribution in [0.3, 0.4) is 0 Å². The van der Waals surface area contributed by atoms with Crippen LogP contribution in [-0.2, 0) is 11.3 Å². The van der Waals surface area contributed by atoms with Gasteiger partial charge in [-0.25, -0.2) is 0 Å². The minimum atomic E-state index is 0.0849. The van der Waals surface area contributed by atoms with E-state index < -0.39 is 0 Å². The van der Waals surface area contributed by atoms with Crippen LogP contribution in [0.25, 0.3) is 0 Å². The Morgan fingerprint density at radius 3 is 2.76 bits per heavy atom. The first kappa shape index (κ1) is 13.9. The zero-order valence-electron chi connectivity index (χ0n) is 12.2. The SMILES string of the molecule is CN(Cc1cccc(/C(N)=N/O)c1)C(=O)C1CC2CC2C1. The quantitative estimate of drug-likeness (QED) is 0.383. The van der Waals surface area contributed by atoms with Crippen molar-refractivity contribution in [3.8, 4) is 0 Å². The molecule has 2 unspecified atom stereocenters. The molecule has 0 radical (unpaired) electrons. The number of carbonyl (C=O) groups is 1. The van der Waals surface area contributed by atoms with E-state index in [0.717, 1.165) is 30.2 Å². The minimum Gasteiger partial charge on any atom is -0.409 e. The van der Waals surface area contributed by atoms with Crippen molar-refractivity contribution in [2.75, 3.05) is 7.05 Å². The van der Waals surface area contributed by atoms with Crippen LogP contribution in [-0.4, -0.2) is 28.9 Å². The molecule has 0 aromatic heterocycles. The molecule has 0 bridgehead atoms. The van der Waals surface area contributed by atoms with E-state index >= 15 is 0 Å². The second-order valence-electron chi connectivity index (χ2n) is 6.30. The van der Waals surface area contributed by atoms with Gasteiger partial charge in [0.1, 0.15) is 0 Å². The van der Waals surface area contributed by atoms with E-state index in [0.29, 0.717) is 12.1 Å². The second kappa shape index (κ2) is 5.39. The topological polar surface area (TPSA) is 78.9 Å². The van der Waals surface area contributed by atoms with Crippen molar-refractivity contribution < 1.29 is 10.0 Å². The molecule has 0 heterocycles. The van der Waals surface area contributed by atoms with Gasteiger partial charge in [-0.05, 0) is 42.7 Å². The number of amides is 1. The van der Waals surface area contributed by atoms with Crippen LogP contribution in [0, 0.1) is 17.8 Å². The maximum Gasteiger partial charge on any atom is 0.225 e. The number of carbonyl (C=O) groups excluding carboxylic acids is 1. The van der Waals surface area contributed by atoms with E-state index in [9.17, 15) is 4.79 Å². The number of oxime groups is 1. The first-order valence-corrected chi connectivity index (χ1v) is 7.40. The molecule has 2 fully saturated rings. The summed E-state index contributed by atoms with van der Waals surface area (Å²) in [6.07, 6.45) is 3.46. The summed E-state index contributed by atoms with van der Waals surface area (Å²) in [6.45, 7) is 0.553. The van der Waals surface area contributed by atoms with E-state index in [1.54, 1.807) is 11.0 Å². The number of fused-ring (bicyclic) bond motifs is 1. The van der Waals surface area contributed by atoms with Gasteiger partial charge >= 0.3 is 0 Å². The average molecular weight is 287 g/mol. The van der Waals surface area contributed by atoms with Crippen molar-refractivity contribution in [1.29, 1.82) is 0 Å². The molecule has 1 aromatic carbocycles. The van der Waals surface area contributed by atoms with Gasteiger partial charge in [0.25, 0.3) is 0 Å². The Balaban J connectivity index is 1.64. The molecule has 5 heteroatoms. The predicted molar refractivity (Wildman–Crippen MR) is 79.7 cm³/mol. The van der Waals surface area contributed by atoms with Gasteiger partial charge in [-0.15, -0.1) is 0 Å². The van der Waals surface area contributed by atoms with E-state index in [2.05, 4.69) is 5.16 Å². The molecular formula is C16H21N3O2. The number of nitrogens with zero attached hydrogens (tertiary/aromatic N) is 2. The highest BCUT2D eigenvalue weighted by atomic mass is 16.4. The summed E-state index contributed by atoms with van der Waals surface area (Å²) in [5.74, 6) is 2.18. The third-order valence-corrected chi connectivity index (χ3v) is 4.72. The third-order valence-electron chi connectivity index (χ3n) is 4.72. The Hall–Kier alpha value is -2.04. The van der Waals surface area contributed by atoms with Gasteiger partial charge in [0.05, 0.1) is 0 Å². The lowest BCUT2D eigenvalue weighted by molar-refractivity contribution is -0.134. The van der Waals surface area contributed by atoms with E-state index in [1.807, 2.05) is 25.2 Å². The number of benzene rings is 1. The Bertz CT molecular complexity index is 575. The molecule has 0 spiro atoms. The van der Waals surface area contributed by atoms with Crippen molar-refractivity contribution in [2.24, 2.45) is 28.6 Å². The van der Waals surface area contributed by atoms with E-state index in [1.165, 1.54) is 6.42 Å². The molecule has 1 aromatic rings. The van der Waals surface area contributed by atoms with Crippen LogP contribution in [0.1, 0.15) is 30.4 Å². The van der Waals surface area contributed by atoms with Crippen molar-refractivity contribution in [2.45, 2.75) is 25.8 Å². The summed E-state index contributed by atoms with van der Waals surface area (Å²) in [7, 11) is 1.85. The highest BCUT2D eigenvalue weighted by Gasteiger charge is 2.48. The largest absolute Gasteiger partial charge is 0.409 e. The normalized spacial score (nSPS) is 27.3. The standard InChI is InChI=1S/C16H21N3O2/c1-19(16(20)14-7-12-6-13(12)8-14)9-10-3-2-4-11(5-10)15(17)18-21/h2-5,12-14,21H,6-9H2,1H3,(H2,17,18). The van der Waals surface area contributed by atoms with Gasteiger partial charge in [0, 0.05) is 25.1 Å². The van der Waals surface area contributed by atoms with Crippen LogP contribution < -0.4 is 5.73 Å². The summed E-state index contributed by atoms with van der Waals surface area (Å²) in [4.78, 5) is 14.2. The second-order valence-corrected chi connectivity index (χ2v) is 6.30. The third kappa shape index (κ3) is 2.86. The fourth-order valence-corrected chi connectivity index (χ4v) is 3.47. The minimum absolute atomic E-state index is 0.0849. The van der Waals surface area contributed by atoms with Crippen LogP contribution >= 0.6 is 0 Å². The molecular weight excluding hydrogens is 266 g/mol. The number of nitrogens with two attached hydrogens (primary N) is 1. The Morgan fingerprint density at radius 2 is 2.10 bits per heavy atom. The van der Waals surface area contributed by atoms with Gasteiger partial charge in [0.2, 0.25) is 5.91 Å². The summed E-state index contributed by atoms with van der Waals surface area (Å²) < 4.78 is 0. The molecule has 0 saturated heterocycles. The molecule has 3 N–H and O–H groups in total. The monoisotopic (exact) mass is 287 g/mol. The fourth-order valence-electron chi connectivity index (χ4n) is 3.47. The van der Waals surface area contributed by atoms with Crippen molar-refractivity contribution >= 4 is 11.7 Å². The summed E-state index contributed by atoms with van der Waals surface area (Å²) >= 11 is 0. The van der Waals surface area contributed by atoms with Crippen LogP contribution in [0.2, 0.25) is 0 Å². The smallest absolute Gasteiger partial charge is 0.225 e. The molecule has 1 amide bonds. The number of amidine groups is 1. The average Bonchev–Trinajstić information content (AvgIpc) is 3.11. The molecule has 2 aliphatic rings. The van der Waals surface area contributed by atoms with Crippen LogP contribution in [0.5, 0.6) is 0 Å². The van der Waals surface area contributed by atoms with Gasteiger partial charge < -0.3 is 15.8 Å². The number of hydrogen-bond acceptors (Lipinski definition) is 3. The molecule has 112 valence electrons. The fraction of sp³-hybridized carbons (Fsp3) is 0.500. The van der Waals surface area contributed by atoms with Gasteiger partial charge in [-0.2, -0.15) is 0 Å². The highest BCUT2D eigenvalue weighted by molar-refractivity contribution is 5.97. The van der Waals surface area contributed by atoms with Crippen molar-refractivity contribution in [1.82, 2.24) is 4.90 Å². The lowest BCUT2D eigenvalue weighted by Crippen LogP contribution is -2.32. The highest BCUT2D eigenvalue weighted by Crippen LogP contribution is 2.54. The first-order valence-electron chi connectivity index (χ1n) is 7.40. The number of rotatable bonds is 4. The first-order chi connectivity index (χ1) is 10.1. The maximum atomic E-state index is 12.4. The molecule has 5 nitrogen and oxygen atoms in total. The summed E-state index contributed by atoms with van der Waals surface area (Å²) in [5.41, 5.74) is 7.24. The molecule has 0 aliphatic heterocycles. The predicted octanol–water partition coefficient (Wildman–Crippen LogP) is 1.79. The molecule has 2 saturated carbocycles. The van der Waals surface area contributed by atoms with E-state index in [4.69, 9.17) is 10.9 Å². The Morgan fingerprint density at radius 1 is 1.38 bits per heavy atom. The lowest BCUT2D eigenvalue weighted by atomic mass is 10.0. The zero-order valence-corrected chi connectivity index (χ0v) is 12.2.